The second-order valence-electron chi connectivity index (χ2n) is 10.7. The summed E-state index contributed by atoms with van der Waals surface area (Å²) in [6.07, 6.45) is 0. The molecule has 0 aliphatic carbocycles. The van der Waals surface area contributed by atoms with E-state index in [4.69, 9.17) is 47.4 Å². The molecule has 0 saturated heterocycles. The Hall–Kier alpha value is -1.24. The summed E-state index contributed by atoms with van der Waals surface area (Å²) >= 11 is 0. The van der Waals surface area contributed by atoms with E-state index >= 15 is 0 Å². The summed E-state index contributed by atoms with van der Waals surface area (Å²) in [6, 6.07) is 0. The van der Waals surface area contributed by atoms with Gasteiger partial charge in [-0.25, -0.2) is 4.79 Å². The van der Waals surface area contributed by atoms with Crippen LogP contribution in [0.4, 0.5) is 0 Å². The van der Waals surface area contributed by atoms with E-state index in [0.717, 1.165) is 0 Å². The van der Waals surface area contributed by atoms with Gasteiger partial charge in [0.2, 0.25) is 5.91 Å². The van der Waals surface area contributed by atoms with Crippen LogP contribution in [0, 0.1) is 0 Å². The molecule has 1 amide bonds. The quantitative estimate of drug-likeness (QED) is 0.0800. The van der Waals surface area contributed by atoms with Crippen molar-refractivity contribution in [1.82, 2.24) is 5.32 Å². The number of amides is 1. The molecule has 0 aromatic heterocycles. The number of rotatable bonds is 32. The van der Waals surface area contributed by atoms with Gasteiger partial charge in [0.25, 0.3) is 0 Å². The highest BCUT2D eigenvalue weighted by molar-refractivity contribution is 6.74. The first-order valence-electron chi connectivity index (χ1n) is 14.9. The molecule has 0 fully saturated rings. The predicted molar refractivity (Wildman–Crippen MR) is 161 cm³/mol. The van der Waals surface area contributed by atoms with Crippen LogP contribution in [0.2, 0.25) is 18.1 Å². The van der Waals surface area contributed by atoms with Gasteiger partial charge in [0.05, 0.1) is 112 Å². The first kappa shape index (κ1) is 41.8. The molecule has 15 heteroatoms. The fraction of sp³-hybridized carbons (Fsp3) is 0.929. The Morgan fingerprint density at radius 3 is 1.19 bits per heavy atom. The molecule has 0 aromatic carbocycles. The van der Waals surface area contributed by atoms with Crippen LogP contribution in [0.5, 0.6) is 0 Å². The maximum absolute atomic E-state index is 11.3. The minimum atomic E-state index is -1.70. The molecule has 0 heterocycles. The van der Waals surface area contributed by atoms with Crippen molar-refractivity contribution >= 4 is 20.2 Å². The number of carboxylic acid groups (broad SMARTS) is 1. The molecule has 0 aliphatic heterocycles. The van der Waals surface area contributed by atoms with Crippen LogP contribution in [0.25, 0.3) is 0 Å². The summed E-state index contributed by atoms with van der Waals surface area (Å²) in [5.74, 6) is -1.52. The van der Waals surface area contributed by atoms with Gasteiger partial charge >= 0.3 is 5.97 Å². The van der Waals surface area contributed by atoms with Gasteiger partial charge in [0.1, 0.15) is 13.2 Å². The monoisotopic (exact) mass is 643 g/mol. The molecule has 0 bridgehead atoms. The van der Waals surface area contributed by atoms with Crippen LogP contribution in [0.1, 0.15) is 20.8 Å². The second-order valence-corrected chi connectivity index (χ2v) is 15.6. The van der Waals surface area contributed by atoms with Gasteiger partial charge in [-0.3, -0.25) is 4.79 Å². The summed E-state index contributed by atoms with van der Waals surface area (Å²) in [4.78, 5) is 21.6. The molecule has 14 nitrogen and oxygen atoms in total. The van der Waals surface area contributed by atoms with Gasteiger partial charge < -0.3 is 57.5 Å². The maximum Gasteiger partial charge on any atom is 0.329 e. The lowest BCUT2D eigenvalue weighted by atomic mass is 10.2. The van der Waals surface area contributed by atoms with Gasteiger partial charge in [-0.15, -0.1) is 0 Å². The molecule has 0 radical (unpaired) electrons. The normalized spacial score (nSPS) is 12.1. The zero-order chi connectivity index (χ0) is 32.1. The lowest BCUT2D eigenvalue weighted by molar-refractivity contribution is -0.143. The third kappa shape index (κ3) is 29.2. The predicted octanol–water partition coefficient (Wildman–Crippen LogP) is 1.36. The molecule has 0 spiro atoms. The van der Waals surface area contributed by atoms with Crippen molar-refractivity contribution in [1.29, 1.82) is 0 Å². The minimum absolute atomic E-state index is 0.209. The molecule has 2 N–H and O–H groups in total. The topological polar surface area (TPSA) is 159 Å². The lowest BCUT2D eigenvalue weighted by Crippen LogP contribution is -2.41. The van der Waals surface area contributed by atoms with Crippen LogP contribution >= 0.6 is 0 Å². The van der Waals surface area contributed by atoms with E-state index in [0.29, 0.717) is 119 Å². The molecule has 43 heavy (non-hydrogen) atoms. The Morgan fingerprint density at radius 2 is 0.860 bits per heavy atom. The van der Waals surface area contributed by atoms with Crippen molar-refractivity contribution in [3.8, 4) is 0 Å². The van der Waals surface area contributed by atoms with E-state index in [9.17, 15) is 9.59 Å². The van der Waals surface area contributed by atoms with E-state index < -0.39 is 26.8 Å². The summed E-state index contributed by atoms with van der Waals surface area (Å²) in [6.45, 7) is 18.9. The molecule has 0 saturated carbocycles. The first-order valence-corrected chi connectivity index (χ1v) is 17.8. The van der Waals surface area contributed by atoms with Crippen molar-refractivity contribution in [3.63, 3.8) is 0 Å². The van der Waals surface area contributed by atoms with Gasteiger partial charge in [0.15, 0.2) is 8.32 Å². The summed E-state index contributed by atoms with van der Waals surface area (Å²) in [5.41, 5.74) is 0. The molecular formula is C28H57NO13Si. The Labute approximate surface area is 258 Å². The Bertz CT molecular complexity index is 665. The van der Waals surface area contributed by atoms with Crippen LogP contribution in [0.15, 0.2) is 0 Å². The molecule has 0 aromatic rings. The maximum atomic E-state index is 11.3. The van der Waals surface area contributed by atoms with E-state index in [2.05, 4.69) is 43.9 Å². The van der Waals surface area contributed by atoms with Crippen LogP contribution in [-0.2, 0) is 56.6 Å². The highest BCUT2D eigenvalue weighted by Crippen LogP contribution is 2.36. The Morgan fingerprint density at radius 1 is 0.535 bits per heavy atom. The number of ether oxygens (including phenoxy) is 9. The van der Waals surface area contributed by atoms with Crippen molar-refractivity contribution < 1.29 is 61.8 Å². The Kier molecular flexibility index (Phi) is 27.4. The molecular weight excluding hydrogens is 586 g/mol. The van der Waals surface area contributed by atoms with Gasteiger partial charge in [-0.2, -0.15) is 0 Å². The minimum Gasteiger partial charge on any atom is -0.480 e. The van der Waals surface area contributed by atoms with E-state index in [-0.39, 0.29) is 11.6 Å². The summed E-state index contributed by atoms with van der Waals surface area (Å²) in [7, 11) is -1.70. The summed E-state index contributed by atoms with van der Waals surface area (Å²) < 4.78 is 54.3. The second kappa shape index (κ2) is 28.2. The average molecular weight is 644 g/mol. The largest absolute Gasteiger partial charge is 0.480 e. The standard InChI is InChI=1S/C28H57NO13Si/c1-28(2,3)43(4,5)42-23-22-40-21-20-39-19-18-38-17-16-37-15-14-36-13-12-35-11-10-34-9-8-33-7-6-29-26(30)24-41-25-27(31)32/h6-25H2,1-5H3,(H,29,30)(H,31,32). The molecule has 0 aliphatic rings. The molecule has 256 valence electrons. The Balaban J connectivity index is 3.18. The first-order chi connectivity index (χ1) is 20.6. The number of hydrogen-bond donors (Lipinski definition) is 2. The highest BCUT2D eigenvalue weighted by atomic mass is 28.4. The fourth-order valence-corrected chi connectivity index (χ4v) is 3.79. The van der Waals surface area contributed by atoms with Crippen molar-refractivity contribution in [2.24, 2.45) is 0 Å². The third-order valence-corrected chi connectivity index (χ3v) is 10.7. The number of aliphatic carboxylic acids is 1. The van der Waals surface area contributed by atoms with Crippen LogP contribution in [-0.4, -0.2) is 157 Å². The van der Waals surface area contributed by atoms with Crippen molar-refractivity contribution in [2.75, 3.05) is 132 Å². The molecule has 0 rings (SSSR count). The number of carbonyl (C=O) groups excluding carboxylic acids is 1. The van der Waals surface area contributed by atoms with Crippen LogP contribution < -0.4 is 5.32 Å². The van der Waals surface area contributed by atoms with Crippen molar-refractivity contribution in [2.45, 2.75) is 38.9 Å². The summed E-state index contributed by atoms with van der Waals surface area (Å²) in [5, 5.41) is 11.2. The zero-order valence-corrected chi connectivity index (χ0v) is 28.0. The number of hydrogen-bond acceptors (Lipinski definition) is 12. The lowest BCUT2D eigenvalue weighted by Gasteiger charge is -2.36. The number of carboxylic acids is 1. The molecule has 0 atom stereocenters. The van der Waals surface area contributed by atoms with Crippen LogP contribution in [0.3, 0.4) is 0 Å². The van der Waals surface area contributed by atoms with Gasteiger partial charge in [-0.05, 0) is 18.1 Å². The van der Waals surface area contributed by atoms with E-state index in [1.54, 1.807) is 0 Å². The van der Waals surface area contributed by atoms with Gasteiger partial charge in [-0.1, -0.05) is 20.8 Å². The molecule has 0 unspecified atom stereocenters. The van der Waals surface area contributed by atoms with E-state index in [1.807, 2.05) is 0 Å². The number of carbonyl (C=O) groups is 2. The smallest absolute Gasteiger partial charge is 0.329 e. The van der Waals surface area contributed by atoms with E-state index in [1.165, 1.54) is 0 Å². The third-order valence-electron chi connectivity index (χ3n) is 6.13. The van der Waals surface area contributed by atoms with Gasteiger partial charge in [0, 0.05) is 6.54 Å². The number of nitrogens with one attached hydrogen (secondary N) is 1. The SMILES string of the molecule is CC(C)(C)[Si](C)(C)OCCOCCOCCOCCOCCOCCOCCOCCOCCNC(=O)COCC(=O)O. The van der Waals surface area contributed by atoms with Crippen molar-refractivity contribution in [3.05, 3.63) is 0 Å². The average Bonchev–Trinajstić information content (AvgIpc) is 2.93. The fourth-order valence-electron chi connectivity index (χ4n) is 2.76. The zero-order valence-electron chi connectivity index (χ0n) is 27.0. The highest BCUT2D eigenvalue weighted by Gasteiger charge is 2.36.